The molecule has 0 aliphatic heterocycles. The molecule has 0 saturated heterocycles. The molecule has 3 heteroatoms. The van der Waals surface area contributed by atoms with Crippen LogP contribution in [0.15, 0.2) is 0 Å². The fraction of sp³-hybridized carbons (Fsp3) is 0.769. The van der Waals surface area contributed by atoms with Crippen molar-refractivity contribution in [2.75, 3.05) is 6.54 Å². The molecule has 90 valence electrons. The lowest BCUT2D eigenvalue weighted by Gasteiger charge is -2.09. The summed E-state index contributed by atoms with van der Waals surface area (Å²) in [6, 6.07) is 0.443. The predicted octanol–water partition coefficient (Wildman–Crippen LogP) is 3.64. The smallest absolute Gasteiger partial charge is 0.0968 e. The van der Waals surface area contributed by atoms with E-state index in [9.17, 15) is 0 Å². The Balaban J connectivity index is 2.16. The van der Waals surface area contributed by atoms with Gasteiger partial charge in [0.2, 0.25) is 0 Å². The Morgan fingerprint density at radius 3 is 2.69 bits per heavy atom. The van der Waals surface area contributed by atoms with Crippen LogP contribution in [0.25, 0.3) is 0 Å². The summed E-state index contributed by atoms with van der Waals surface area (Å²) in [6.45, 7) is 12.2. The van der Waals surface area contributed by atoms with Gasteiger partial charge in [-0.3, -0.25) is 0 Å². The Hall–Kier alpha value is -0.410. The number of nitrogens with one attached hydrogen (secondary N) is 1. The van der Waals surface area contributed by atoms with E-state index in [0.717, 1.165) is 6.54 Å². The van der Waals surface area contributed by atoms with Crippen molar-refractivity contribution in [2.24, 2.45) is 5.41 Å². The first-order valence-electron chi connectivity index (χ1n) is 6.16. The van der Waals surface area contributed by atoms with Crippen LogP contribution in [-0.4, -0.2) is 11.5 Å². The summed E-state index contributed by atoms with van der Waals surface area (Å²) in [7, 11) is 0. The van der Waals surface area contributed by atoms with Gasteiger partial charge in [0.05, 0.1) is 10.7 Å². The zero-order valence-corrected chi connectivity index (χ0v) is 11.7. The Bertz CT molecular complexity index is 381. The van der Waals surface area contributed by atoms with Gasteiger partial charge in [-0.05, 0) is 32.2 Å². The largest absolute Gasteiger partial charge is 0.310 e. The monoisotopic (exact) mass is 238 g/mol. The summed E-state index contributed by atoms with van der Waals surface area (Å²) in [4.78, 5) is 6.17. The fourth-order valence-electron chi connectivity index (χ4n) is 2.27. The lowest BCUT2D eigenvalue weighted by atomic mass is 10.1. The molecule has 0 radical (unpaired) electrons. The molecule has 1 N–H and O–H groups in total. The van der Waals surface area contributed by atoms with Gasteiger partial charge in [-0.15, -0.1) is 11.3 Å². The first kappa shape index (κ1) is 12.1. The van der Waals surface area contributed by atoms with Gasteiger partial charge in [-0.25, -0.2) is 4.98 Å². The average Bonchev–Trinajstić information content (AvgIpc) is 2.67. The van der Waals surface area contributed by atoms with Crippen molar-refractivity contribution in [3.05, 3.63) is 15.6 Å². The van der Waals surface area contributed by atoms with E-state index in [1.165, 1.54) is 22.0 Å². The van der Waals surface area contributed by atoms with E-state index in [0.29, 0.717) is 17.4 Å². The third-order valence-corrected chi connectivity index (χ3v) is 5.02. The molecule has 1 aromatic heterocycles. The van der Waals surface area contributed by atoms with E-state index in [-0.39, 0.29) is 0 Å². The van der Waals surface area contributed by atoms with Gasteiger partial charge < -0.3 is 5.32 Å². The van der Waals surface area contributed by atoms with Crippen molar-refractivity contribution >= 4 is 11.3 Å². The summed E-state index contributed by atoms with van der Waals surface area (Å²) in [6.07, 6.45) is 1.30. The van der Waals surface area contributed by atoms with Gasteiger partial charge in [0.15, 0.2) is 0 Å². The van der Waals surface area contributed by atoms with Crippen LogP contribution in [0.1, 0.15) is 61.7 Å². The normalized spacial score (nSPS) is 24.4. The molecule has 0 spiro atoms. The zero-order valence-electron chi connectivity index (χ0n) is 10.9. The molecule has 0 amide bonds. The molecule has 0 bridgehead atoms. The van der Waals surface area contributed by atoms with E-state index in [4.69, 9.17) is 4.98 Å². The predicted molar refractivity (Wildman–Crippen MR) is 70.1 cm³/mol. The first-order chi connectivity index (χ1) is 7.45. The van der Waals surface area contributed by atoms with Crippen molar-refractivity contribution in [1.82, 2.24) is 10.3 Å². The molecule has 2 atom stereocenters. The van der Waals surface area contributed by atoms with Gasteiger partial charge in [0.1, 0.15) is 0 Å². The number of nitrogens with zero attached hydrogens (tertiary/aromatic N) is 1. The summed E-state index contributed by atoms with van der Waals surface area (Å²) >= 11 is 1.91. The minimum absolute atomic E-state index is 0.443. The van der Waals surface area contributed by atoms with Crippen LogP contribution in [0.4, 0.5) is 0 Å². The fourth-order valence-corrected chi connectivity index (χ4v) is 3.67. The Morgan fingerprint density at radius 2 is 2.19 bits per heavy atom. The number of hydrogen-bond acceptors (Lipinski definition) is 3. The summed E-state index contributed by atoms with van der Waals surface area (Å²) < 4.78 is 0. The first-order valence-corrected chi connectivity index (χ1v) is 6.98. The number of aryl methyl sites for hydroxylation is 1. The second-order valence-electron chi connectivity index (χ2n) is 5.53. The molecule has 0 aromatic carbocycles. The zero-order chi connectivity index (χ0) is 11.9. The molecule has 1 aliphatic carbocycles. The number of rotatable bonds is 4. The molecule has 1 aliphatic rings. The maximum atomic E-state index is 4.75. The molecule has 16 heavy (non-hydrogen) atoms. The van der Waals surface area contributed by atoms with Crippen LogP contribution in [-0.2, 0) is 0 Å². The molecule has 1 fully saturated rings. The molecule has 1 aromatic rings. The van der Waals surface area contributed by atoms with Crippen LogP contribution in [0.3, 0.4) is 0 Å². The van der Waals surface area contributed by atoms with E-state index in [2.05, 4.69) is 39.9 Å². The summed E-state index contributed by atoms with van der Waals surface area (Å²) in [5.41, 5.74) is 1.71. The van der Waals surface area contributed by atoms with Crippen LogP contribution in [0.5, 0.6) is 0 Å². The highest BCUT2D eigenvalue weighted by Gasteiger charge is 2.48. The molecular weight excluding hydrogens is 216 g/mol. The van der Waals surface area contributed by atoms with Gasteiger partial charge in [0, 0.05) is 16.8 Å². The standard InChI is InChI=1S/C13H22N2S/c1-6-14-8(2)11-9(3)15-12(16-11)10-7-13(10,4)5/h8,10,14H,6-7H2,1-5H3. The summed E-state index contributed by atoms with van der Waals surface area (Å²) in [5, 5.41) is 4.82. The maximum absolute atomic E-state index is 4.75. The Kier molecular flexibility index (Phi) is 3.10. The van der Waals surface area contributed by atoms with E-state index in [1.807, 2.05) is 11.3 Å². The SMILES string of the molecule is CCNC(C)c1sc(C2CC2(C)C)nc1C. The molecular formula is C13H22N2S. The van der Waals surface area contributed by atoms with Crippen molar-refractivity contribution in [3.63, 3.8) is 0 Å². The van der Waals surface area contributed by atoms with Crippen molar-refractivity contribution in [3.8, 4) is 0 Å². The lowest BCUT2D eigenvalue weighted by Crippen LogP contribution is -2.17. The maximum Gasteiger partial charge on any atom is 0.0968 e. The van der Waals surface area contributed by atoms with E-state index < -0.39 is 0 Å². The van der Waals surface area contributed by atoms with Crippen molar-refractivity contribution in [1.29, 1.82) is 0 Å². The number of aromatic nitrogens is 1. The Morgan fingerprint density at radius 1 is 1.56 bits per heavy atom. The molecule has 2 nitrogen and oxygen atoms in total. The molecule has 1 saturated carbocycles. The highest BCUT2D eigenvalue weighted by molar-refractivity contribution is 7.12. The van der Waals surface area contributed by atoms with Gasteiger partial charge >= 0.3 is 0 Å². The highest BCUT2D eigenvalue weighted by Crippen LogP contribution is 2.59. The molecule has 1 heterocycles. The van der Waals surface area contributed by atoms with Crippen LogP contribution < -0.4 is 5.32 Å². The van der Waals surface area contributed by atoms with E-state index >= 15 is 0 Å². The summed E-state index contributed by atoms with van der Waals surface area (Å²) in [5.74, 6) is 0.707. The molecule has 2 rings (SSSR count). The lowest BCUT2D eigenvalue weighted by molar-refractivity contribution is 0.603. The van der Waals surface area contributed by atoms with Gasteiger partial charge in [-0.1, -0.05) is 20.8 Å². The quantitative estimate of drug-likeness (QED) is 0.866. The second-order valence-corrected chi connectivity index (χ2v) is 6.59. The van der Waals surface area contributed by atoms with Gasteiger partial charge in [-0.2, -0.15) is 0 Å². The molecule has 2 unspecified atom stereocenters. The minimum atomic E-state index is 0.443. The average molecular weight is 238 g/mol. The minimum Gasteiger partial charge on any atom is -0.310 e. The third-order valence-electron chi connectivity index (χ3n) is 3.56. The van der Waals surface area contributed by atoms with Gasteiger partial charge in [0.25, 0.3) is 0 Å². The topological polar surface area (TPSA) is 24.9 Å². The second kappa shape index (κ2) is 4.11. The Labute approximate surface area is 102 Å². The van der Waals surface area contributed by atoms with E-state index in [1.54, 1.807) is 0 Å². The third kappa shape index (κ3) is 2.16. The van der Waals surface area contributed by atoms with Crippen molar-refractivity contribution in [2.45, 2.75) is 53.0 Å². The number of thiazole rings is 1. The van der Waals surface area contributed by atoms with Crippen LogP contribution >= 0.6 is 11.3 Å². The van der Waals surface area contributed by atoms with Crippen molar-refractivity contribution < 1.29 is 0 Å². The highest BCUT2D eigenvalue weighted by atomic mass is 32.1. The number of hydrogen-bond donors (Lipinski definition) is 1. The van der Waals surface area contributed by atoms with Crippen LogP contribution in [0, 0.1) is 12.3 Å². The van der Waals surface area contributed by atoms with Crippen LogP contribution in [0.2, 0.25) is 0 Å².